The predicted molar refractivity (Wildman–Crippen MR) is 58.0 cm³/mol. The van der Waals surface area contributed by atoms with Gasteiger partial charge in [-0.25, -0.2) is 0 Å². The highest BCUT2D eigenvalue weighted by atomic mass is 35.5. The van der Waals surface area contributed by atoms with Gasteiger partial charge in [-0.2, -0.15) is 0 Å². The van der Waals surface area contributed by atoms with E-state index in [9.17, 15) is 0 Å². The molecule has 0 aromatic heterocycles. The van der Waals surface area contributed by atoms with E-state index in [0.29, 0.717) is 10.0 Å². The minimum absolute atomic E-state index is 0.0958. The van der Waals surface area contributed by atoms with Gasteiger partial charge in [-0.05, 0) is 17.7 Å². The monoisotopic (exact) mass is 231 g/mol. The second-order valence-electron chi connectivity index (χ2n) is 3.24. The lowest BCUT2D eigenvalue weighted by atomic mass is 10.1. The summed E-state index contributed by atoms with van der Waals surface area (Å²) in [5, 5.41) is 4.43. The fraction of sp³-hybridized carbons (Fsp3) is 0.400. The Bertz CT molecular complexity index is 324. The van der Waals surface area contributed by atoms with Gasteiger partial charge in [0.15, 0.2) is 0 Å². The van der Waals surface area contributed by atoms with Crippen LogP contribution in [0.2, 0.25) is 10.0 Å². The van der Waals surface area contributed by atoms with Gasteiger partial charge < -0.3 is 10.1 Å². The molecule has 0 saturated carbocycles. The summed E-state index contributed by atoms with van der Waals surface area (Å²) in [7, 11) is 0. The number of hydrogen-bond donors (Lipinski definition) is 1. The van der Waals surface area contributed by atoms with Crippen LogP contribution < -0.4 is 5.32 Å². The molecule has 4 heteroatoms. The molecule has 1 atom stereocenters. The van der Waals surface area contributed by atoms with Gasteiger partial charge in [0.05, 0.1) is 22.8 Å². The second kappa shape index (κ2) is 4.49. The van der Waals surface area contributed by atoms with E-state index in [1.165, 1.54) is 0 Å². The Morgan fingerprint density at radius 2 is 2.14 bits per heavy atom. The van der Waals surface area contributed by atoms with E-state index >= 15 is 0 Å². The average molecular weight is 232 g/mol. The third kappa shape index (κ3) is 2.20. The fourth-order valence-electron chi connectivity index (χ4n) is 1.49. The Kier molecular flexibility index (Phi) is 3.29. The van der Waals surface area contributed by atoms with Gasteiger partial charge >= 0.3 is 0 Å². The zero-order chi connectivity index (χ0) is 9.97. The smallest absolute Gasteiger partial charge is 0.0950 e. The lowest BCUT2D eigenvalue weighted by Gasteiger charge is -2.24. The van der Waals surface area contributed by atoms with Gasteiger partial charge in [0.1, 0.15) is 0 Å². The molecule has 1 aliphatic rings. The number of nitrogens with one attached hydrogen (secondary N) is 1. The third-order valence-corrected chi connectivity index (χ3v) is 2.98. The van der Waals surface area contributed by atoms with Crippen LogP contribution in [0, 0.1) is 0 Å². The molecule has 0 unspecified atom stereocenters. The standard InChI is InChI=1S/C10H11Cl2NO/c11-8-2-1-7(5-9(8)12)10-6-13-3-4-14-10/h1-2,5,10,13H,3-4,6H2/t10-/m0/s1. The van der Waals surface area contributed by atoms with Crippen LogP contribution in [0.4, 0.5) is 0 Å². The van der Waals surface area contributed by atoms with Crippen molar-refractivity contribution >= 4 is 23.2 Å². The normalized spacial score (nSPS) is 22.3. The van der Waals surface area contributed by atoms with Crippen LogP contribution >= 0.6 is 23.2 Å². The third-order valence-electron chi connectivity index (χ3n) is 2.24. The van der Waals surface area contributed by atoms with Crippen molar-refractivity contribution in [1.29, 1.82) is 0 Å². The van der Waals surface area contributed by atoms with Crippen LogP contribution in [-0.4, -0.2) is 19.7 Å². The maximum atomic E-state index is 5.93. The van der Waals surface area contributed by atoms with Crippen LogP contribution in [0.5, 0.6) is 0 Å². The van der Waals surface area contributed by atoms with E-state index < -0.39 is 0 Å². The van der Waals surface area contributed by atoms with E-state index in [4.69, 9.17) is 27.9 Å². The molecule has 1 aromatic carbocycles. The molecule has 1 aliphatic heterocycles. The van der Waals surface area contributed by atoms with Gasteiger partial charge in [-0.3, -0.25) is 0 Å². The van der Waals surface area contributed by atoms with Gasteiger partial charge in [0, 0.05) is 13.1 Å². The summed E-state index contributed by atoms with van der Waals surface area (Å²) in [4.78, 5) is 0. The lowest BCUT2D eigenvalue weighted by molar-refractivity contribution is 0.0277. The molecule has 1 N–H and O–H groups in total. The molecular weight excluding hydrogens is 221 g/mol. The molecule has 0 radical (unpaired) electrons. The van der Waals surface area contributed by atoms with Crippen molar-refractivity contribution in [3.8, 4) is 0 Å². The first-order valence-electron chi connectivity index (χ1n) is 4.54. The highest BCUT2D eigenvalue weighted by Gasteiger charge is 2.16. The molecule has 1 saturated heterocycles. The van der Waals surface area contributed by atoms with Crippen LogP contribution in [0.1, 0.15) is 11.7 Å². The molecule has 2 nitrogen and oxygen atoms in total. The molecule has 0 amide bonds. The Labute approximate surface area is 93.2 Å². The van der Waals surface area contributed by atoms with E-state index in [-0.39, 0.29) is 6.10 Å². The van der Waals surface area contributed by atoms with Crippen molar-refractivity contribution in [1.82, 2.24) is 5.32 Å². The van der Waals surface area contributed by atoms with E-state index in [0.717, 1.165) is 25.3 Å². The molecular formula is C10H11Cl2NO. The Balaban J connectivity index is 2.18. The Morgan fingerprint density at radius 1 is 1.29 bits per heavy atom. The number of halogens is 2. The Morgan fingerprint density at radius 3 is 2.79 bits per heavy atom. The molecule has 76 valence electrons. The summed E-state index contributed by atoms with van der Waals surface area (Å²) < 4.78 is 5.59. The fourth-order valence-corrected chi connectivity index (χ4v) is 1.80. The molecule has 0 bridgehead atoms. The molecule has 0 aliphatic carbocycles. The van der Waals surface area contributed by atoms with Gasteiger partial charge in [0.2, 0.25) is 0 Å². The first-order chi connectivity index (χ1) is 6.77. The maximum absolute atomic E-state index is 5.93. The molecule has 1 fully saturated rings. The molecule has 2 rings (SSSR count). The number of ether oxygens (including phenoxy) is 1. The molecule has 14 heavy (non-hydrogen) atoms. The van der Waals surface area contributed by atoms with Gasteiger partial charge in [-0.1, -0.05) is 29.3 Å². The quantitative estimate of drug-likeness (QED) is 0.803. The average Bonchev–Trinajstić information content (AvgIpc) is 2.23. The first kappa shape index (κ1) is 10.2. The largest absolute Gasteiger partial charge is 0.371 e. The summed E-state index contributed by atoms with van der Waals surface area (Å²) >= 11 is 11.8. The molecule has 1 heterocycles. The van der Waals surface area contributed by atoms with E-state index in [1.807, 2.05) is 12.1 Å². The van der Waals surface area contributed by atoms with E-state index in [2.05, 4.69) is 5.32 Å². The maximum Gasteiger partial charge on any atom is 0.0950 e. The van der Waals surface area contributed by atoms with E-state index in [1.54, 1.807) is 6.07 Å². The summed E-state index contributed by atoms with van der Waals surface area (Å²) in [5.74, 6) is 0. The van der Waals surface area contributed by atoms with Crippen LogP contribution in [0.15, 0.2) is 18.2 Å². The second-order valence-corrected chi connectivity index (χ2v) is 4.05. The van der Waals surface area contributed by atoms with Crippen molar-refractivity contribution in [3.63, 3.8) is 0 Å². The zero-order valence-corrected chi connectivity index (χ0v) is 9.11. The van der Waals surface area contributed by atoms with Crippen LogP contribution in [0.25, 0.3) is 0 Å². The number of hydrogen-bond acceptors (Lipinski definition) is 2. The molecule has 1 aromatic rings. The topological polar surface area (TPSA) is 21.3 Å². The minimum Gasteiger partial charge on any atom is -0.371 e. The summed E-state index contributed by atoms with van der Waals surface area (Å²) in [6, 6.07) is 5.62. The number of morpholine rings is 1. The highest BCUT2D eigenvalue weighted by Crippen LogP contribution is 2.27. The van der Waals surface area contributed by atoms with Crippen LogP contribution in [0.3, 0.4) is 0 Å². The Hall–Kier alpha value is -0.280. The van der Waals surface area contributed by atoms with Crippen molar-refractivity contribution in [2.24, 2.45) is 0 Å². The lowest BCUT2D eigenvalue weighted by Crippen LogP contribution is -2.33. The summed E-state index contributed by atoms with van der Waals surface area (Å²) in [6.45, 7) is 2.49. The summed E-state index contributed by atoms with van der Waals surface area (Å²) in [5.41, 5.74) is 1.08. The zero-order valence-electron chi connectivity index (χ0n) is 7.59. The van der Waals surface area contributed by atoms with Gasteiger partial charge in [-0.15, -0.1) is 0 Å². The SMILES string of the molecule is Clc1ccc([C@@H]2CNCCO2)cc1Cl. The van der Waals surface area contributed by atoms with Gasteiger partial charge in [0.25, 0.3) is 0 Å². The summed E-state index contributed by atoms with van der Waals surface area (Å²) in [6.07, 6.45) is 0.0958. The number of benzene rings is 1. The van der Waals surface area contributed by atoms with Crippen molar-refractivity contribution in [3.05, 3.63) is 33.8 Å². The van der Waals surface area contributed by atoms with Crippen LogP contribution in [-0.2, 0) is 4.74 Å². The molecule has 0 spiro atoms. The first-order valence-corrected chi connectivity index (χ1v) is 5.30. The van der Waals surface area contributed by atoms with Crippen molar-refractivity contribution in [2.45, 2.75) is 6.10 Å². The highest BCUT2D eigenvalue weighted by molar-refractivity contribution is 6.42. The van der Waals surface area contributed by atoms with Crippen molar-refractivity contribution < 1.29 is 4.74 Å². The minimum atomic E-state index is 0.0958. The predicted octanol–water partition coefficient (Wildman–Crippen LogP) is 2.65. The van der Waals surface area contributed by atoms with Crippen molar-refractivity contribution in [2.75, 3.05) is 19.7 Å². The number of rotatable bonds is 1.